The van der Waals surface area contributed by atoms with Crippen LogP contribution in [0.15, 0.2) is 65.8 Å². The number of carbonyl (C=O) groups excluding carboxylic acids is 2. The summed E-state index contributed by atoms with van der Waals surface area (Å²) in [6.45, 7) is 0.126. The Hall–Kier alpha value is -2.87. The molecule has 29 heavy (non-hydrogen) atoms. The van der Waals surface area contributed by atoms with Crippen molar-refractivity contribution in [2.24, 2.45) is 5.16 Å². The largest absolute Gasteiger partial charge is 0.445 e. The molecule has 0 radical (unpaired) electrons. The van der Waals surface area contributed by atoms with Crippen molar-refractivity contribution in [2.45, 2.75) is 31.7 Å². The van der Waals surface area contributed by atoms with E-state index in [0.717, 1.165) is 11.1 Å². The summed E-state index contributed by atoms with van der Waals surface area (Å²) in [4.78, 5) is 32.1. The molecule has 1 heterocycles. The number of carbonyl (C=O) groups is 2. The van der Waals surface area contributed by atoms with E-state index in [0.29, 0.717) is 17.5 Å². The van der Waals surface area contributed by atoms with Gasteiger partial charge in [0.05, 0.1) is 6.42 Å². The smallest absolute Gasteiger partial charge is 0.408 e. The number of alkyl carbamates (subject to hydrolysis) is 1. The third kappa shape index (κ3) is 6.05. The normalized spacial score (nSPS) is 16.3. The Morgan fingerprint density at radius 3 is 2.38 bits per heavy atom. The fourth-order valence-corrected chi connectivity index (χ4v) is 3.25. The second kappa shape index (κ2) is 10.1. The van der Waals surface area contributed by atoms with E-state index in [2.05, 4.69) is 26.4 Å². The van der Waals surface area contributed by atoms with Crippen LogP contribution in [0.5, 0.6) is 0 Å². The number of nitrogens with zero attached hydrogens (tertiary/aromatic N) is 2. The lowest BCUT2D eigenvalue weighted by atomic mass is 10.0. The fourth-order valence-electron chi connectivity index (χ4n) is 2.89. The predicted octanol–water partition coefficient (Wildman–Crippen LogP) is 3.44. The van der Waals surface area contributed by atoms with Gasteiger partial charge in [-0.15, -0.1) is 0 Å². The van der Waals surface area contributed by atoms with Gasteiger partial charge in [-0.05, 0) is 27.1 Å². The Morgan fingerprint density at radius 1 is 1.17 bits per heavy atom. The van der Waals surface area contributed by atoms with Gasteiger partial charge in [0.15, 0.2) is 0 Å². The summed E-state index contributed by atoms with van der Waals surface area (Å²) in [6.07, 6.45) is -0.378. The van der Waals surface area contributed by atoms with Crippen molar-refractivity contribution >= 4 is 32.6 Å². The number of halogens is 1. The summed E-state index contributed by atoms with van der Waals surface area (Å²) in [5, 5.41) is 6.51. The molecule has 0 spiro atoms. The Kier molecular flexibility index (Phi) is 7.24. The van der Waals surface area contributed by atoms with Gasteiger partial charge in [0.2, 0.25) is 12.1 Å². The quantitative estimate of drug-likeness (QED) is 0.687. The minimum absolute atomic E-state index is 0.126. The minimum atomic E-state index is -0.798. The molecule has 2 aromatic carbocycles. The number of ether oxygens (including phenoxy) is 1. The Bertz CT molecular complexity index is 861. The summed E-state index contributed by atoms with van der Waals surface area (Å²) >= 11 is 3.27. The van der Waals surface area contributed by atoms with Crippen LogP contribution in [-0.4, -0.2) is 40.8 Å². The second-order valence-electron chi connectivity index (χ2n) is 6.63. The lowest BCUT2D eigenvalue weighted by molar-refractivity contribution is -0.143. The van der Waals surface area contributed by atoms with Gasteiger partial charge in [0.25, 0.3) is 0 Å². The highest BCUT2D eigenvalue weighted by Crippen LogP contribution is 2.18. The van der Waals surface area contributed by atoms with Crippen molar-refractivity contribution in [1.29, 1.82) is 0 Å². The Balaban J connectivity index is 1.65. The van der Waals surface area contributed by atoms with E-state index in [9.17, 15) is 9.59 Å². The molecule has 7 nitrogen and oxygen atoms in total. The van der Waals surface area contributed by atoms with Gasteiger partial charge >= 0.3 is 6.09 Å². The van der Waals surface area contributed by atoms with E-state index in [1.807, 2.05) is 60.7 Å². The van der Waals surface area contributed by atoms with Crippen molar-refractivity contribution in [1.82, 2.24) is 10.2 Å². The molecule has 1 N–H and O–H groups in total. The zero-order chi connectivity index (χ0) is 20.6. The van der Waals surface area contributed by atoms with Crippen molar-refractivity contribution in [3.63, 3.8) is 0 Å². The average molecular weight is 460 g/mol. The van der Waals surface area contributed by atoms with Crippen LogP contribution >= 0.6 is 15.9 Å². The van der Waals surface area contributed by atoms with Crippen LogP contribution < -0.4 is 5.32 Å². The van der Waals surface area contributed by atoms with Crippen molar-refractivity contribution in [3.05, 3.63) is 71.8 Å². The summed E-state index contributed by atoms with van der Waals surface area (Å²) in [7, 11) is 1.63. The van der Waals surface area contributed by atoms with Crippen molar-refractivity contribution in [2.75, 3.05) is 7.05 Å². The summed E-state index contributed by atoms with van der Waals surface area (Å²) in [6, 6.07) is 18.0. The Morgan fingerprint density at radius 2 is 1.79 bits per heavy atom. The zero-order valence-corrected chi connectivity index (χ0v) is 17.5. The monoisotopic (exact) mass is 459 g/mol. The lowest BCUT2D eigenvalue weighted by Gasteiger charge is -2.27. The van der Waals surface area contributed by atoms with Gasteiger partial charge in [-0.3, -0.25) is 4.79 Å². The van der Waals surface area contributed by atoms with Crippen LogP contribution in [0.1, 0.15) is 17.5 Å². The number of hydrogen-bond acceptors (Lipinski definition) is 5. The molecule has 2 amide bonds. The number of amides is 2. The predicted molar refractivity (Wildman–Crippen MR) is 112 cm³/mol. The molecule has 8 heteroatoms. The first-order chi connectivity index (χ1) is 14.0. The van der Waals surface area contributed by atoms with Gasteiger partial charge in [-0.1, -0.05) is 65.8 Å². The van der Waals surface area contributed by atoms with Gasteiger partial charge in [0.1, 0.15) is 17.3 Å². The first-order valence-corrected chi connectivity index (χ1v) is 9.98. The van der Waals surface area contributed by atoms with E-state index in [4.69, 9.17) is 9.57 Å². The number of hydrogen-bond donors (Lipinski definition) is 1. The highest BCUT2D eigenvalue weighted by molar-refractivity contribution is 9.18. The van der Waals surface area contributed by atoms with Crippen molar-refractivity contribution < 1.29 is 19.2 Å². The maximum Gasteiger partial charge on any atom is 0.408 e. The van der Waals surface area contributed by atoms with Gasteiger partial charge in [-0.2, -0.15) is 0 Å². The molecule has 0 aliphatic carbocycles. The first kappa shape index (κ1) is 20.9. The summed E-state index contributed by atoms with van der Waals surface area (Å²) in [5.74, 6) is -0.284. The highest BCUT2D eigenvalue weighted by Gasteiger charge is 2.32. The topological polar surface area (TPSA) is 80.2 Å². The SMILES string of the molecule is CN(C(=O)C(Cc1ccccc1)NC(=O)OCc1ccccc1)C1CC(Br)=NO1. The highest BCUT2D eigenvalue weighted by atomic mass is 79.9. The molecule has 1 aliphatic heterocycles. The molecule has 1 aliphatic rings. The number of rotatable bonds is 7. The van der Waals surface area contributed by atoms with Gasteiger partial charge < -0.3 is 19.8 Å². The van der Waals surface area contributed by atoms with E-state index in [-0.39, 0.29) is 12.5 Å². The number of likely N-dealkylation sites (N-methyl/N-ethyl adjacent to an activating group) is 1. The van der Waals surface area contributed by atoms with Crippen LogP contribution in [0.25, 0.3) is 0 Å². The average Bonchev–Trinajstić information content (AvgIpc) is 3.18. The fraction of sp³-hybridized carbons (Fsp3) is 0.286. The van der Waals surface area contributed by atoms with Crippen LogP contribution in [0, 0.1) is 0 Å². The zero-order valence-electron chi connectivity index (χ0n) is 16.0. The maximum absolute atomic E-state index is 13.1. The molecule has 2 aromatic rings. The van der Waals surface area contributed by atoms with Crippen LogP contribution in [0.4, 0.5) is 4.79 Å². The van der Waals surface area contributed by atoms with Crippen LogP contribution in [0.3, 0.4) is 0 Å². The number of nitrogens with one attached hydrogen (secondary N) is 1. The molecular weight excluding hydrogens is 438 g/mol. The third-order valence-corrected chi connectivity index (χ3v) is 4.95. The molecule has 0 saturated carbocycles. The summed E-state index contributed by atoms with van der Waals surface area (Å²) < 4.78 is 5.92. The molecular formula is C21H22BrN3O4. The number of oxime groups is 1. The first-order valence-electron chi connectivity index (χ1n) is 9.19. The van der Waals surface area contributed by atoms with E-state index < -0.39 is 18.4 Å². The standard InChI is InChI=1S/C21H22BrN3O4/c1-25(19-13-18(22)24-29-19)20(26)17(12-15-8-4-2-5-9-15)23-21(27)28-14-16-10-6-3-7-11-16/h2-11,17,19H,12-14H2,1H3,(H,23,27). The van der Waals surface area contributed by atoms with Gasteiger partial charge in [-0.25, -0.2) is 4.79 Å². The molecule has 0 saturated heterocycles. The Labute approximate surface area is 177 Å². The van der Waals surface area contributed by atoms with Gasteiger partial charge in [0, 0.05) is 13.5 Å². The minimum Gasteiger partial charge on any atom is -0.445 e. The molecule has 0 fully saturated rings. The molecule has 2 unspecified atom stereocenters. The maximum atomic E-state index is 13.1. The molecule has 3 rings (SSSR count). The number of benzene rings is 2. The van der Waals surface area contributed by atoms with E-state index >= 15 is 0 Å². The molecule has 2 atom stereocenters. The van der Waals surface area contributed by atoms with Crippen LogP contribution in [-0.2, 0) is 27.4 Å². The van der Waals surface area contributed by atoms with E-state index in [1.165, 1.54) is 4.90 Å². The van der Waals surface area contributed by atoms with E-state index in [1.54, 1.807) is 7.05 Å². The lowest BCUT2D eigenvalue weighted by Crippen LogP contribution is -2.51. The molecule has 0 bridgehead atoms. The molecule has 152 valence electrons. The van der Waals surface area contributed by atoms with Crippen LogP contribution in [0.2, 0.25) is 0 Å². The third-order valence-electron chi connectivity index (χ3n) is 4.48. The van der Waals surface area contributed by atoms with Crippen molar-refractivity contribution in [3.8, 4) is 0 Å². The second-order valence-corrected chi connectivity index (χ2v) is 7.54. The molecule has 0 aromatic heterocycles. The summed E-state index contributed by atoms with van der Waals surface area (Å²) in [5.41, 5.74) is 1.79.